The van der Waals surface area contributed by atoms with Crippen molar-refractivity contribution in [1.82, 2.24) is 9.88 Å². The van der Waals surface area contributed by atoms with Crippen LogP contribution in [-0.4, -0.2) is 55.3 Å². The number of aromatic nitrogens is 1. The maximum Gasteiger partial charge on any atom is 0.126 e. The molecule has 5 nitrogen and oxygen atoms in total. The lowest BCUT2D eigenvalue weighted by Gasteiger charge is -2.16. The fourth-order valence-corrected chi connectivity index (χ4v) is 1.75. The highest BCUT2D eigenvalue weighted by Gasteiger charge is 2.03. The third-order valence-corrected chi connectivity index (χ3v) is 2.95. The maximum atomic E-state index is 5.64. The number of rotatable bonds is 8. The zero-order chi connectivity index (χ0) is 14.3. The van der Waals surface area contributed by atoms with E-state index in [1.807, 2.05) is 19.1 Å². The first-order valence-corrected chi connectivity index (χ1v) is 6.63. The minimum atomic E-state index is 0.394. The number of nitrogens with zero attached hydrogens (tertiary/aromatic N) is 2. The van der Waals surface area contributed by atoms with Crippen LogP contribution in [0.5, 0.6) is 0 Å². The summed E-state index contributed by atoms with van der Waals surface area (Å²) in [5.74, 6) is 0.808. The first-order chi connectivity index (χ1) is 9.02. The summed E-state index contributed by atoms with van der Waals surface area (Å²) in [6, 6.07) is 3.77. The van der Waals surface area contributed by atoms with Gasteiger partial charge in [-0.2, -0.15) is 0 Å². The van der Waals surface area contributed by atoms with Gasteiger partial charge in [0.1, 0.15) is 10.8 Å². The number of methoxy groups -OCH3 is 1. The van der Waals surface area contributed by atoms with Gasteiger partial charge in [-0.25, -0.2) is 4.98 Å². The van der Waals surface area contributed by atoms with Crippen molar-refractivity contribution in [1.29, 1.82) is 0 Å². The van der Waals surface area contributed by atoms with Gasteiger partial charge in [0.05, 0.1) is 6.61 Å². The van der Waals surface area contributed by atoms with Crippen molar-refractivity contribution >= 4 is 23.0 Å². The second-order valence-electron chi connectivity index (χ2n) is 4.47. The molecule has 0 aliphatic rings. The molecule has 1 heterocycles. The van der Waals surface area contributed by atoms with Crippen LogP contribution in [0.1, 0.15) is 11.3 Å². The Morgan fingerprint density at radius 2 is 2.21 bits per heavy atom. The average Bonchev–Trinajstić information content (AvgIpc) is 2.35. The van der Waals surface area contributed by atoms with E-state index in [9.17, 15) is 0 Å². The predicted octanol–water partition coefficient (Wildman–Crippen LogP) is 1.01. The van der Waals surface area contributed by atoms with Crippen LogP contribution in [0.15, 0.2) is 12.1 Å². The van der Waals surface area contributed by atoms with Gasteiger partial charge in [-0.05, 0) is 26.1 Å². The molecule has 1 aromatic rings. The average molecular weight is 282 g/mol. The van der Waals surface area contributed by atoms with Gasteiger partial charge >= 0.3 is 0 Å². The molecule has 0 aliphatic carbocycles. The molecule has 0 spiro atoms. The normalized spacial score (nSPS) is 10.7. The predicted molar refractivity (Wildman–Crippen MR) is 82.7 cm³/mol. The number of likely N-dealkylation sites (N-methyl/N-ethyl adjacent to an activating group) is 1. The van der Waals surface area contributed by atoms with Crippen LogP contribution in [0.25, 0.3) is 0 Å². The van der Waals surface area contributed by atoms with E-state index in [2.05, 4.69) is 22.2 Å². The van der Waals surface area contributed by atoms with E-state index in [1.54, 1.807) is 7.11 Å². The molecule has 1 rings (SSSR count). The molecule has 0 unspecified atom stereocenters. The lowest BCUT2D eigenvalue weighted by molar-refractivity contribution is 0.163. The highest BCUT2D eigenvalue weighted by atomic mass is 32.1. The number of ether oxygens (including phenoxy) is 1. The number of hydrogen-bond acceptors (Lipinski definition) is 5. The van der Waals surface area contributed by atoms with Gasteiger partial charge in [0.15, 0.2) is 0 Å². The standard InChI is InChI=1S/C13H22N4OS/c1-10-8-11(13(14)19)9-12(16-10)15-4-5-17(2)6-7-18-3/h8-9H,4-7H2,1-3H3,(H2,14,19)(H,15,16). The van der Waals surface area contributed by atoms with Crippen LogP contribution in [0.4, 0.5) is 5.82 Å². The molecule has 0 bridgehead atoms. The fourth-order valence-electron chi connectivity index (χ4n) is 1.64. The van der Waals surface area contributed by atoms with Gasteiger partial charge < -0.3 is 20.7 Å². The van der Waals surface area contributed by atoms with Crippen LogP contribution in [0.2, 0.25) is 0 Å². The maximum absolute atomic E-state index is 5.64. The molecule has 0 atom stereocenters. The summed E-state index contributed by atoms with van der Waals surface area (Å²) in [5, 5.41) is 3.28. The molecular formula is C13H22N4OS. The van der Waals surface area contributed by atoms with Crippen molar-refractivity contribution in [2.24, 2.45) is 5.73 Å². The molecule has 19 heavy (non-hydrogen) atoms. The summed E-state index contributed by atoms with van der Waals surface area (Å²) in [5.41, 5.74) is 7.39. The van der Waals surface area contributed by atoms with E-state index < -0.39 is 0 Å². The summed E-state index contributed by atoms with van der Waals surface area (Å²) in [6.45, 7) is 5.31. The monoisotopic (exact) mass is 282 g/mol. The van der Waals surface area contributed by atoms with E-state index in [4.69, 9.17) is 22.7 Å². The van der Waals surface area contributed by atoms with E-state index in [0.717, 1.165) is 43.3 Å². The van der Waals surface area contributed by atoms with E-state index in [0.29, 0.717) is 4.99 Å². The Kier molecular flexibility index (Phi) is 6.69. The van der Waals surface area contributed by atoms with Crippen LogP contribution in [-0.2, 0) is 4.74 Å². The van der Waals surface area contributed by atoms with Gasteiger partial charge in [-0.15, -0.1) is 0 Å². The van der Waals surface area contributed by atoms with Crippen LogP contribution in [0.3, 0.4) is 0 Å². The Morgan fingerprint density at radius 1 is 1.47 bits per heavy atom. The number of pyridine rings is 1. The second kappa shape index (κ2) is 8.04. The summed E-state index contributed by atoms with van der Waals surface area (Å²) in [6.07, 6.45) is 0. The largest absolute Gasteiger partial charge is 0.389 e. The molecule has 0 saturated carbocycles. The topological polar surface area (TPSA) is 63.4 Å². The summed E-state index contributed by atoms with van der Waals surface area (Å²) >= 11 is 4.98. The minimum Gasteiger partial charge on any atom is -0.389 e. The number of anilines is 1. The fraction of sp³-hybridized carbons (Fsp3) is 0.538. The Morgan fingerprint density at radius 3 is 2.84 bits per heavy atom. The summed E-state index contributed by atoms with van der Waals surface area (Å²) in [4.78, 5) is 7.00. The zero-order valence-electron chi connectivity index (χ0n) is 11.8. The molecule has 0 aromatic carbocycles. The number of aryl methyl sites for hydroxylation is 1. The molecule has 0 fully saturated rings. The third-order valence-electron chi connectivity index (χ3n) is 2.71. The van der Waals surface area contributed by atoms with Crippen LogP contribution >= 0.6 is 12.2 Å². The highest BCUT2D eigenvalue weighted by Crippen LogP contribution is 2.09. The van der Waals surface area contributed by atoms with Crippen molar-refractivity contribution in [2.45, 2.75) is 6.92 Å². The number of nitrogens with two attached hydrogens (primary N) is 1. The number of thiocarbonyl (C=S) groups is 1. The zero-order valence-corrected chi connectivity index (χ0v) is 12.6. The van der Waals surface area contributed by atoms with E-state index in [1.165, 1.54) is 0 Å². The second-order valence-corrected chi connectivity index (χ2v) is 4.91. The molecule has 3 N–H and O–H groups in total. The third kappa shape index (κ3) is 5.96. The van der Waals surface area contributed by atoms with E-state index >= 15 is 0 Å². The minimum absolute atomic E-state index is 0.394. The van der Waals surface area contributed by atoms with Crippen molar-refractivity contribution < 1.29 is 4.74 Å². The number of hydrogen-bond donors (Lipinski definition) is 2. The molecule has 6 heteroatoms. The molecule has 1 aromatic heterocycles. The van der Waals surface area contributed by atoms with Gasteiger partial charge in [0.2, 0.25) is 0 Å². The van der Waals surface area contributed by atoms with Gasteiger partial charge in [0, 0.05) is 38.0 Å². The lowest BCUT2D eigenvalue weighted by atomic mass is 10.2. The highest BCUT2D eigenvalue weighted by molar-refractivity contribution is 7.80. The Balaban J connectivity index is 2.47. The molecule has 0 aliphatic heterocycles. The van der Waals surface area contributed by atoms with Crippen molar-refractivity contribution in [3.8, 4) is 0 Å². The Bertz CT molecular complexity index is 425. The SMILES string of the molecule is COCCN(C)CCNc1cc(C(N)=S)cc(C)n1. The molecular weight excluding hydrogens is 260 g/mol. The Hall–Kier alpha value is -1.24. The van der Waals surface area contributed by atoms with Crippen LogP contribution < -0.4 is 11.1 Å². The lowest BCUT2D eigenvalue weighted by Crippen LogP contribution is -2.28. The molecule has 106 valence electrons. The number of nitrogens with one attached hydrogen (secondary N) is 1. The van der Waals surface area contributed by atoms with Gasteiger partial charge in [-0.3, -0.25) is 0 Å². The molecule has 0 amide bonds. The van der Waals surface area contributed by atoms with Gasteiger partial charge in [0.25, 0.3) is 0 Å². The molecule has 0 saturated heterocycles. The quantitative estimate of drug-likeness (QED) is 0.694. The summed E-state index contributed by atoms with van der Waals surface area (Å²) in [7, 11) is 3.77. The van der Waals surface area contributed by atoms with Crippen molar-refractivity contribution in [3.63, 3.8) is 0 Å². The van der Waals surface area contributed by atoms with Gasteiger partial charge in [-0.1, -0.05) is 12.2 Å². The van der Waals surface area contributed by atoms with Crippen molar-refractivity contribution in [3.05, 3.63) is 23.4 Å². The first kappa shape index (κ1) is 15.8. The smallest absolute Gasteiger partial charge is 0.126 e. The Labute approximate surface area is 120 Å². The first-order valence-electron chi connectivity index (χ1n) is 6.22. The summed E-state index contributed by atoms with van der Waals surface area (Å²) < 4.78 is 5.03. The van der Waals surface area contributed by atoms with Crippen LogP contribution in [0, 0.1) is 6.92 Å². The van der Waals surface area contributed by atoms with Crippen molar-refractivity contribution in [2.75, 3.05) is 45.7 Å². The van der Waals surface area contributed by atoms with E-state index in [-0.39, 0.29) is 0 Å². The molecule has 0 radical (unpaired) electrons.